The van der Waals surface area contributed by atoms with Crippen LogP contribution in [-0.2, 0) is 11.3 Å². The van der Waals surface area contributed by atoms with Crippen LogP contribution in [-0.4, -0.2) is 17.1 Å². The number of fused-ring (bicyclic) bond motifs is 1. The summed E-state index contributed by atoms with van der Waals surface area (Å²) in [6, 6.07) is 10.8. The molecule has 0 aliphatic carbocycles. The monoisotopic (exact) mass is 365 g/mol. The van der Waals surface area contributed by atoms with E-state index in [2.05, 4.69) is 13.0 Å². The first-order valence-corrected chi connectivity index (χ1v) is 9.16. The van der Waals surface area contributed by atoms with Crippen molar-refractivity contribution in [3.8, 4) is 0 Å². The zero-order chi connectivity index (χ0) is 19.1. The molecule has 1 unspecified atom stereocenters. The van der Waals surface area contributed by atoms with Gasteiger partial charge in [0.05, 0.1) is 12.1 Å². The third kappa shape index (κ3) is 2.74. The SMILES string of the molecule is CCOC(=O)c1cn2c3c(cc(F)cc3c1=O)C(CC)c1ccccc1C2. The molecule has 138 valence electrons. The average Bonchev–Trinajstić information content (AvgIpc) is 2.78. The lowest BCUT2D eigenvalue weighted by Gasteiger charge is -2.18. The van der Waals surface area contributed by atoms with Gasteiger partial charge in [-0.1, -0.05) is 31.2 Å². The number of benzene rings is 2. The van der Waals surface area contributed by atoms with Gasteiger partial charge in [0.1, 0.15) is 11.4 Å². The van der Waals surface area contributed by atoms with Gasteiger partial charge in [0.25, 0.3) is 0 Å². The molecule has 0 saturated carbocycles. The second kappa shape index (κ2) is 6.65. The maximum Gasteiger partial charge on any atom is 0.343 e. The third-order valence-electron chi connectivity index (χ3n) is 5.22. The van der Waals surface area contributed by atoms with Crippen LogP contribution in [0.15, 0.2) is 47.4 Å². The van der Waals surface area contributed by atoms with Gasteiger partial charge in [0.2, 0.25) is 5.43 Å². The topological polar surface area (TPSA) is 48.3 Å². The number of carbonyl (C=O) groups is 1. The predicted molar refractivity (Wildman–Crippen MR) is 102 cm³/mol. The summed E-state index contributed by atoms with van der Waals surface area (Å²) in [7, 11) is 0. The van der Waals surface area contributed by atoms with Crippen LogP contribution in [0.3, 0.4) is 0 Å². The summed E-state index contributed by atoms with van der Waals surface area (Å²) in [5.41, 5.74) is 3.15. The normalized spacial score (nSPS) is 15.3. The van der Waals surface area contributed by atoms with E-state index in [0.29, 0.717) is 12.1 Å². The lowest BCUT2D eigenvalue weighted by Crippen LogP contribution is -2.21. The lowest BCUT2D eigenvalue weighted by atomic mass is 9.86. The van der Waals surface area contributed by atoms with Crippen molar-refractivity contribution in [2.75, 3.05) is 6.61 Å². The minimum atomic E-state index is -0.677. The Bertz CT molecular complexity index is 1120. The van der Waals surface area contributed by atoms with Gasteiger partial charge in [-0.15, -0.1) is 0 Å². The maximum atomic E-state index is 14.5. The number of hydrogen-bond acceptors (Lipinski definition) is 3. The molecule has 0 fully saturated rings. The Balaban J connectivity index is 2.11. The first-order chi connectivity index (χ1) is 13.0. The van der Waals surface area contributed by atoms with Gasteiger partial charge in [-0.25, -0.2) is 9.18 Å². The van der Waals surface area contributed by atoms with Crippen molar-refractivity contribution in [1.29, 1.82) is 0 Å². The van der Waals surface area contributed by atoms with Gasteiger partial charge < -0.3 is 9.30 Å². The largest absolute Gasteiger partial charge is 0.462 e. The fraction of sp³-hybridized carbons (Fsp3) is 0.273. The van der Waals surface area contributed by atoms with Crippen molar-refractivity contribution in [2.24, 2.45) is 0 Å². The second-order valence-electron chi connectivity index (χ2n) is 6.77. The highest BCUT2D eigenvalue weighted by molar-refractivity contribution is 5.95. The zero-order valence-electron chi connectivity index (χ0n) is 15.3. The third-order valence-corrected chi connectivity index (χ3v) is 5.22. The van der Waals surface area contributed by atoms with Crippen LogP contribution in [0.1, 0.15) is 53.2 Å². The number of ether oxygens (including phenoxy) is 1. The molecule has 0 bridgehead atoms. The molecule has 3 aromatic rings. The number of aromatic nitrogens is 1. The molecule has 1 aromatic heterocycles. The smallest absolute Gasteiger partial charge is 0.343 e. The molecule has 4 rings (SSSR count). The van der Waals surface area contributed by atoms with Crippen LogP contribution in [0.2, 0.25) is 0 Å². The van der Waals surface area contributed by atoms with Gasteiger partial charge in [-0.05, 0) is 42.2 Å². The number of pyridine rings is 1. The minimum Gasteiger partial charge on any atom is -0.462 e. The Labute approximate surface area is 156 Å². The standard InChI is InChI=1S/C22H20FNO3/c1-3-15-16-8-6-5-7-13(16)11-24-12-19(22(26)27-4-2)21(25)18-10-14(23)9-17(15)20(18)24/h5-10,12,15H,3-4,11H2,1-2H3. The Morgan fingerprint density at radius 3 is 2.74 bits per heavy atom. The molecule has 4 nitrogen and oxygen atoms in total. The molecule has 2 aromatic carbocycles. The first-order valence-electron chi connectivity index (χ1n) is 9.16. The van der Waals surface area contributed by atoms with Crippen LogP contribution in [0.4, 0.5) is 4.39 Å². The Kier molecular flexibility index (Phi) is 4.30. The van der Waals surface area contributed by atoms with Crippen LogP contribution >= 0.6 is 0 Å². The molecule has 0 amide bonds. The molecular formula is C22H20FNO3. The summed E-state index contributed by atoms with van der Waals surface area (Å²) >= 11 is 0. The van der Waals surface area contributed by atoms with Crippen molar-refractivity contribution in [2.45, 2.75) is 32.7 Å². The fourth-order valence-electron chi connectivity index (χ4n) is 4.09. The van der Waals surface area contributed by atoms with E-state index in [1.807, 2.05) is 22.8 Å². The van der Waals surface area contributed by atoms with Crippen molar-refractivity contribution < 1.29 is 13.9 Å². The molecule has 27 heavy (non-hydrogen) atoms. The van der Waals surface area contributed by atoms with Crippen molar-refractivity contribution >= 4 is 16.9 Å². The highest BCUT2D eigenvalue weighted by atomic mass is 19.1. The first kappa shape index (κ1) is 17.5. The van der Waals surface area contributed by atoms with Crippen molar-refractivity contribution in [3.63, 3.8) is 0 Å². The molecule has 0 N–H and O–H groups in total. The molecule has 0 spiro atoms. The van der Waals surface area contributed by atoms with Crippen LogP contribution < -0.4 is 5.43 Å². The van der Waals surface area contributed by atoms with Gasteiger partial charge in [-0.3, -0.25) is 4.79 Å². The molecule has 5 heteroatoms. The minimum absolute atomic E-state index is 0.0130. The van der Waals surface area contributed by atoms with E-state index in [-0.39, 0.29) is 23.5 Å². The van der Waals surface area contributed by atoms with E-state index in [9.17, 15) is 14.0 Å². The van der Waals surface area contributed by atoms with Crippen molar-refractivity contribution in [1.82, 2.24) is 4.57 Å². The van der Waals surface area contributed by atoms with Crippen LogP contribution in [0.5, 0.6) is 0 Å². The average molecular weight is 365 g/mol. The molecular weight excluding hydrogens is 345 g/mol. The summed E-state index contributed by atoms with van der Waals surface area (Å²) in [5, 5.41) is 0.224. The Hall–Kier alpha value is -2.95. The number of nitrogens with zero attached hydrogens (tertiary/aromatic N) is 1. The summed E-state index contributed by atoms with van der Waals surface area (Å²) in [6.07, 6.45) is 2.34. The van der Waals surface area contributed by atoms with Gasteiger partial charge in [0, 0.05) is 24.0 Å². The zero-order valence-corrected chi connectivity index (χ0v) is 15.3. The number of carbonyl (C=O) groups excluding carboxylic acids is 1. The Morgan fingerprint density at radius 1 is 1.22 bits per heavy atom. The molecule has 0 saturated heterocycles. The van der Waals surface area contributed by atoms with E-state index in [0.717, 1.165) is 23.1 Å². The summed E-state index contributed by atoms with van der Waals surface area (Å²) in [4.78, 5) is 25.2. The highest BCUT2D eigenvalue weighted by Crippen LogP contribution is 2.38. The predicted octanol–water partition coefficient (Wildman–Crippen LogP) is 4.22. The van der Waals surface area contributed by atoms with Crippen LogP contribution in [0.25, 0.3) is 10.9 Å². The maximum absolute atomic E-state index is 14.5. The second-order valence-corrected chi connectivity index (χ2v) is 6.77. The highest BCUT2D eigenvalue weighted by Gasteiger charge is 2.27. The molecule has 1 aliphatic rings. The van der Waals surface area contributed by atoms with E-state index in [1.165, 1.54) is 12.1 Å². The molecule has 1 aliphatic heterocycles. The number of rotatable bonds is 3. The fourth-order valence-corrected chi connectivity index (χ4v) is 4.09. The van der Waals surface area contributed by atoms with Gasteiger partial charge in [0.15, 0.2) is 0 Å². The van der Waals surface area contributed by atoms with E-state index >= 15 is 0 Å². The van der Waals surface area contributed by atoms with Crippen LogP contribution in [0, 0.1) is 5.82 Å². The quantitative estimate of drug-likeness (QED) is 0.653. The number of esters is 1. The van der Waals surface area contributed by atoms with E-state index in [4.69, 9.17) is 4.74 Å². The number of halogens is 1. The Morgan fingerprint density at radius 2 is 2.00 bits per heavy atom. The summed E-state index contributed by atoms with van der Waals surface area (Å²) in [5.74, 6) is -1.16. The summed E-state index contributed by atoms with van der Waals surface area (Å²) < 4.78 is 21.4. The van der Waals surface area contributed by atoms with E-state index < -0.39 is 17.2 Å². The number of hydrogen-bond donors (Lipinski definition) is 0. The molecule has 1 atom stereocenters. The summed E-state index contributed by atoms with van der Waals surface area (Å²) in [6.45, 7) is 4.42. The van der Waals surface area contributed by atoms with Crippen molar-refractivity contribution in [3.05, 3.63) is 80.9 Å². The van der Waals surface area contributed by atoms with E-state index in [1.54, 1.807) is 13.1 Å². The van der Waals surface area contributed by atoms with Gasteiger partial charge in [-0.2, -0.15) is 0 Å². The lowest BCUT2D eigenvalue weighted by molar-refractivity contribution is 0.0524. The molecule has 2 heterocycles. The van der Waals surface area contributed by atoms with Gasteiger partial charge >= 0.3 is 5.97 Å². The molecule has 0 radical (unpaired) electrons.